The van der Waals surface area contributed by atoms with Crippen molar-refractivity contribution in [3.8, 4) is 0 Å². The summed E-state index contributed by atoms with van der Waals surface area (Å²) in [6, 6.07) is 7.44. The number of aromatic nitrogens is 1. The summed E-state index contributed by atoms with van der Waals surface area (Å²) in [5.41, 5.74) is 0.105. The number of carbonyl (C=O) groups excluding carboxylic acids is 1. The van der Waals surface area contributed by atoms with E-state index in [2.05, 4.69) is 15.6 Å². The lowest BCUT2D eigenvalue weighted by molar-refractivity contribution is -0.115. The number of amides is 1. The molecule has 0 spiro atoms. The molecule has 0 unspecified atom stereocenters. The number of anilines is 1. The molecule has 4 nitrogen and oxygen atoms in total. The van der Waals surface area contributed by atoms with Gasteiger partial charge in [-0.1, -0.05) is 29.3 Å². The molecule has 0 aliphatic heterocycles. The van der Waals surface area contributed by atoms with E-state index in [1.165, 1.54) is 18.3 Å². The van der Waals surface area contributed by atoms with Crippen LogP contribution in [0.3, 0.4) is 0 Å². The average molecular weight is 356 g/mol. The highest BCUT2D eigenvalue weighted by molar-refractivity contribution is 6.31. The molecule has 0 saturated carbocycles. The van der Waals surface area contributed by atoms with Crippen molar-refractivity contribution >= 4 is 34.9 Å². The lowest BCUT2D eigenvalue weighted by atomic mass is 9.94. The summed E-state index contributed by atoms with van der Waals surface area (Å²) in [6.07, 6.45) is 1.45. The van der Waals surface area contributed by atoms with Gasteiger partial charge in [0, 0.05) is 16.8 Å². The minimum absolute atomic E-state index is 0.0466. The predicted octanol–water partition coefficient (Wildman–Crippen LogP) is 3.99. The number of carbonyl (C=O) groups is 1. The smallest absolute Gasteiger partial charge is 0.239 e. The van der Waals surface area contributed by atoms with Crippen LogP contribution < -0.4 is 10.6 Å². The van der Waals surface area contributed by atoms with Gasteiger partial charge in [-0.2, -0.15) is 0 Å². The van der Waals surface area contributed by atoms with Gasteiger partial charge in [-0.25, -0.2) is 9.37 Å². The highest BCUT2D eigenvalue weighted by Crippen LogP contribution is 2.28. The molecule has 1 aromatic carbocycles. The van der Waals surface area contributed by atoms with Crippen molar-refractivity contribution in [1.29, 1.82) is 0 Å². The van der Waals surface area contributed by atoms with Crippen LogP contribution >= 0.6 is 23.2 Å². The van der Waals surface area contributed by atoms with Crippen LogP contribution in [0.4, 0.5) is 10.2 Å². The molecule has 7 heteroatoms. The maximum Gasteiger partial charge on any atom is 0.239 e. The van der Waals surface area contributed by atoms with Gasteiger partial charge in [0.25, 0.3) is 0 Å². The van der Waals surface area contributed by atoms with Crippen LogP contribution in [0, 0.1) is 5.82 Å². The molecule has 1 aromatic heterocycles. The zero-order valence-corrected chi connectivity index (χ0v) is 14.2. The Morgan fingerprint density at radius 2 is 2.00 bits per heavy atom. The minimum Gasteiger partial charge on any atom is -0.310 e. The van der Waals surface area contributed by atoms with Gasteiger partial charge in [-0.15, -0.1) is 0 Å². The molecule has 0 bridgehead atoms. The van der Waals surface area contributed by atoms with Crippen molar-refractivity contribution in [2.24, 2.45) is 0 Å². The number of pyridine rings is 1. The molecule has 122 valence electrons. The van der Waals surface area contributed by atoms with Gasteiger partial charge < -0.3 is 5.32 Å². The van der Waals surface area contributed by atoms with Gasteiger partial charge in [0.05, 0.1) is 11.6 Å². The largest absolute Gasteiger partial charge is 0.310 e. The highest BCUT2D eigenvalue weighted by Gasteiger charge is 2.23. The third kappa shape index (κ3) is 4.89. The van der Waals surface area contributed by atoms with Crippen molar-refractivity contribution < 1.29 is 9.18 Å². The second-order valence-corrected chi connectivity index (χ2v) is 6.36. The first-order valence-corrected chi connectivity index (χ1v) is 7.65. The Hall–Kier alpha value is -1.69. The van der Waals surface area contributed by atoms with E-state index in [1.807, 2.05) is 13.8 Å². The SMILES string of the molecule is CC(C)(NCC(=O)Nc1ccc(Cl)cn1)c1ccc(F)cc1Cl. The summed E-state index contributed by atoms with van der Waals surface area (Å²) in [7, 11) is 0. The van der Waals surface area contributed by atoms with Crippen LogP contribution in [-0.4, -0.2) is 17.4 Å². The molecule has 2 N–H and O–H groups in total. The van der Waals surface area contributed by atoms with E-state index in [0.717, 1.165) is 0 Å². The number of halogens is 3. The van der Waals surface area contributed by atoms with Crippen LogP contribution in [0.25, 0.3) is 0 Å². The van der Waals surface area contributed by atoms with E-state index in [4.69, 9.17) is 23.2 Å². The van der Waals surface area contributed by atoms with Crippen LogP contribution in [-0.2, 0) is 10.3 Å². The first-order chi connectivity index (χ1) is 10.8. The lowest BCUT2D eigenvalue weighted by Crippen LogP contribution is -2.41. The second-order valence-electron chi connectivity index (χ2n) is 5.51. The Balaban J connectivity index is 1.98. The predicted molar refractivity (Wildman–Crippen MR) is 90.3 cm³/mol. The van der Waals surface area contributed by atoms with E-state index in [9.17, 15) is 9.18 Å². The maximum atomic E-state index is 13.1. The summed E-state index contributed by atoms with van der Waals surface area (Å²) in [4.78, 5) is 16.0. The summed E-state index contributed by atoms with van der Waals surface area (Å²) >= 11 is 11.8. The molecule has 0 atom stereocenters. The number of nitrogens with zero attached hydrogens (tertiary/aromatic N) is 1. The molecule has 0 aliphatic carbocycles. The van der Waals surface area contributed by atoms with Gasteiger partial charge in [-0.3, -0.25) is 10.1 Å². The Kier molecular flexibility index (Phi) is 5.57. The van der Waals surface area contributed by atoms with Crippen molar-refractivity contribution in [2.75, 3.05) is 11.9 Å². The zero-order chi connectivity index (χ0) is 17.0. The van der Waals surface area contributed by atoms with E-state index in [-0.39, 0.29) is 12.5 Å². The van der Waals surface area contributed by atoms with Gasteiger partial charge in [0.15, 0.2) is 0 Å². The molecule has 2 rings (SSSR count). The molecule has 1 amide bonds. The number of rotatable bonds is 5. The molecule has 1 heterocycles. The summed E-state index contributed by atoms with van der Waals surface area (Å²) in [5, 5.41) is 6.55. The van der Waals surface area contributed by atoms with Crippen LogP contribution in [0.2, 0.25) is 10.0 Å². The fourth-order valence-electron chi connectivity index (χ4n) is 2.03. The monoisotopic (exact) mass is 355 g/mol. The quantitative estimate of drug-likeness (QED) is 0.852. The minimum atomic E-state index is -0.602. The molecule has 2 aromatic rings. The van der Waals surface area contributed by atoms with Gasteiger partial charge in [0.2, 0.25) is 5.91 Å². The summed E-state index contributed by atoms with van der Waals surface area (Å²) in [5.74, 6) is -0.244. The van der Waals surface area contributed by atoms with Crippen LogP contribution in [0.5, 0.6) is 0 Å². The van der Waals surface area contributed by atoms with Crippen LogP contribution in [0.15, 0.2) is 36.5 Å². The van der Waals surface area contributed by atoms with Gasteiger partial charge in [0.1, 0.15) is 11.6 Å². The van der Waals surface area contributed by atoms with Crippen molar-refractivity contribution in [3.05, 3.63) is 58.0 Å². The number of hydrogen-bond acceptors (Lipinski definition) is 3. The molecule has 0 fully saturated rings. The van der Waals surface area contributed by atoms with Crippen molar-refractivity contribution in [1.82, 2.24) is 10.3 Å². The highest BCUT2D eigenvalue weighted by atomic mass is 35.5. The Bertz CT molecular complexity index is 705. The fourth-order valence-corrected chi connectivity index (χ4v) is 2.54. The third-order valence-corrected chi connectivity index (χ3v) is 3.83. The van der Waals surface area contributed by atoms with E-state index in [0.29, 0.717) is 21.4 Å². The fraction of sp³-hybridized carbons (Fsp3) is 0.250. The Morgan fingerprint density at radius 1 is 1.26 bits per heavy atom. The van der Waals surface area contributed by atoms with Gasteiger partial charge in [-0.05, 0) is 43.7 Å². The molecular weight excluding hydrogens is 340 g/mol. The first-order valence-electron chi connectivity index (χ1n) is 6.90. The topological polar surface area (TPSA) is 54.0 Å². The maximum absolute atomic E-state index is 13.1. The van der Waals surface area contributed by atoms with Crippen LogP contribution in [0.1, 0.15) is 19.4 Å². The number of hydrogen-bond donors (Lipinski definition) is 2. The van der Waals surface area contributed by atoms with E-state index in [1.54, 1.807) is 18.2 Å². The number of nitrogens with one attached hydrogen (secondary N) is 2. The van der Waals surface area contributed by atoms with E-state index >= 15 is 0 Å². The zero-order valence-electron chi connectivity index (χ0n) is 12.7. The van der Waals surface area contributed by atoms with Gasteiger partial charge >= 0.3 is 0 Å². The molecule has 0 radical (unpaired) electrons. The lowest BCUT2D eigenvalue weighted by Gasteiger charge is -2.27. The molecule has 0 saturated heterocycles. The van der Waals surface area contributed by atoms with E-state index < -0.39 is 11.4 Å². The molecule has 23 heavy (non-hydrogen) atoms. The normalized spacial score (nSPS) is 11.3. The summed E-state index contributed by atoms with van der Waals surface area (Å²) < 4.78 is 13.1. The molecule has 0 aliphatic rings. The number of benzene rings is 1. The average Bonchev–Trinajstić information content (AvgIpc) is 2.47. The Labute approximate surface area is 144 Å². The first kappa shape index (κ1) is 17.7. The third-order valence-electron chi connectivity index (χ3n) is 3.29. The summed E-state index contributed by atoms with van der Waals surface area (Å²) in [6.45, 7) is 3.77. The molecular formula is C16H16Cl2FN3O. The second kappa shape index (κ2) is 7.25. The van der Waals surface area contributed by atoms with Crippen molar-refractivity contribution in [2.45, 2.75) is 19.4 Å². The van der Waals surface area contributed by atoms with Crippen molar-refractivity contribution in [3.63, 3.8) is 0 Å². The standard InChI is InChI=1S/C16H16Cl2FN3O/c1-16(2,12-5-4-11(19)7-13(12)18)21-9-15(23)22-14-6-3-10(17)8-20-14/h3-8,21H,9H2,1-2H3,(H,20,22,23). The Morgan fingerprint density at radius 3 is 2.61 bits per heavy atom.